The Kier molecular flexibility index (Phi) is 6.81. The van der Waals surface area contributed by atoms with E-state index in [1.54, 1.807) is 6.20 Å². The Labute approximate surface area is 244 Å². The van der Waals surface area contributed by atoms with Gasteiger partial charge in [-0.05, 0) is 34.9 Å². The van der Waals surface area contributed by atoms with E-state index in [0.717, 1.165) is 50.2 Å². The summed E-state index contributed by atoms with van der Waals surface area (Å²) in [6, 6.07) is 45.0. The number of hydrogen-bond donors (Lipinski definition) is 0. The SMILES string of the molecule is c1ccc(-c2nc(-c3ccccc3)nc(-c3ccc(-c4ccc(-c5cccnc5-c5cccnc5)cc4)cc3)n2)cc1. The Morgan fingerprint density at radius 2 is 0.786 bits per heavy atom. The van der Waals surface area contributed by atoms with E-state index in [-0.39, 0.29) is 0 Å². The summed E-state index contributed by atoms with van der Waals surface area (Å²) in [5, 5.41) is 0. The minimum absolute atomic E-state index is 0.643. The second kappa shape index (κ2) is 11.4. The van der Waals surface area contributed by atoms with Crippen LogP contribution in [0.5, 0.6) is 0 Å². The monoisotopic (exact) mass is 539 g/mol. The topological polar surface area (TPSA) is 64.5 Å². The maximum absolute atomic E-state index is 4.85. The first kappa shape index (κ1) is 25.2. The van der Waals surface area contributed by atoms with Gasteiger partial charge in [0, 0.05) is 46.4 Å². The van der Waals surface area contributed by atoms with Crippen molar-refractivity contribution in [2.75, 3.05) is 0 Å². The van der Waals surface area contributed by atoms with Gasteiger partial charge in [-0.25, -0.2) is 15.0 Å². The lowest BCUT2D eigenvalue weighted by molar-refractivity contribution is 1.07. The van der Waals surface area contributed by atoms with Crippen LogP contribution in [0.15, 0.2) is 152 Å². The molecule has 198 valence electrons. The van der Waals surface area contributed by atoms with Crippen molar-refractivity contribution in [2.45, 2.75) is 0 Å². The average molecular weight is 540 g/mol. The first-order chi connectivity index (χ1) is 20.8. The molecule has 0 fully saturated rings. The van der Waals surface area contributed by atoms with Crippen LogP contribution in [0.4, 0.5) is 0 Å². The lowest BCUT2D eigenvalue weighted by Gasteiger charge is -2.10. The van der Waals surface area contributed by atoms with Gasteiger partial charge in [0.1, 0.15) is 0 Å². The summed E-state index contributed by atoms with van der Waals surface area (Å²) in [5.74, 6) is 1.95. The van der Waals surface area contributed by atoms with Gasteiger partial charge in [-0.3, -0.25) is 9.97 Å². The van der Waals surface area contributed by atoms with Gasteiger partial charge < -0.3 is 0 Å². The quantitative estimate of drug-likeness (QED) is 0.212. The molecule has 7 rings (SSSR count). The number of rotatable bonds is 6. The molecular formula is C37H25N5. The van der Waals surface area contributed by atoms with Crippen molar-refractivity contribution in [1.29, 1.82) is 0 Å². The molecule has 0 aliphatic heterocycles. The Hall–Kier alpha value is -5.81. The number of benzene rings is 4. The Bertz CT molecular complexity index is 1880. The van der Waals surface area contributed by atoms with Gasteiger partial charge in [-0.2, -0.15) is 0 Å². The molecular weight excluding hydrogens is 514 g/mol. The van der Waals surface area contributed by atoms with Gasteiger partial charge in [-0.1, -0.05) is 115 Å². The van der Waals surface area contributed by atoms with Crippen LogP contribution in [0.3, 0.4) is 0 Å². The van der Waals surface area contributed by atoms with Crippen molar-refractivity contribution in [1.82, 2.24) is 24.9 Å². The van der Waals surface area contributed by atoms with Gasteiger partial charge in [0.2, 0.25) is 0 Å². The number of nitrogens with zero attached hydrogens (tertiary/aromatic N) is 5. The number of pyridine rings is 2. The predicted octanol–water partition coefficient (Wildman–Crippen LogP) is 8.66. The Balaban J connectivity index is 1.20. The van der Waals surface area contributed by atoms with E-state index in [4.69, 9.17) is 15.0 Å². The second-order valence-electron chi connectivity index (χ2n) is 9.83. The van der Waals surface area contributed by atoms with Gasteiger partial charge in [0.15, 0.2) is 17.5 Å². The van der Waals surface area contributed by atoms with Crippen LogP contribution in [0.25, 0.3) is 67.7 Å². The van der Waals surface area contributed by atoms with Crippen molar-refractivity contribution < 1.29 is 0 Å². The smallest absolute Gasteiger partial charge is 0.164 e. The minimum Gasteiger partial charge on any atom is -0.264 e. The van der Waals surface area contributed by atoms with Crippen molar-refractivity contribution >= 4 is 0 Å². The molecule has 3 heterocycles. The largest absolute Gasteiger partial charge is 0.264 e. The van der Waals surface area contributed by atoms with Gasteiger partial charge in [0.05, 0.1) is 5.69 Å². The highest BCUT2D eigenvalue weighted by atomic mass is 15.0. The molecule has 0 spiro atoms. The van der Waals surface area contributed by atoms with Crippen LogP contribution in [0.1, 0.15) is 0 Å². The van der Waals surface area contributed by atoms with Gasteiger partial charge in [0.25, 0.3) is 0 Å². The molecule has 4 aromatic carbocycles. The van der Waals surface area contributed by atoms with E-state index >= 15 is 0 Å². The molecule has 0 bridgehead atoms. The van der Waals surface area contributed by atoms with Crippen molar-refractivity contribution in [2.24, 2.45) is 0 Å². The number of aromatic nitrogens is 5. The molecule has 0 atom stereocenters. The molecule has 0 unspecified atom stereocenters. The van der Waals surface area contributed by atoms with Crippen LogP contribution in [-0.4, -0.2) is 24.9 Å². The second-order valence-corrected chi connectivity index (χ2v) is 9.83. The highest BCUT2D eigenvalue weighted by molar-refractivity contribution is 5.81. The fraction of sp³-hybridized carbons (Fsp3) is 0. The van der Waals surface area contributed by atoms with Gasteiger partial charge in [-0.15, -0.1) is 0 Å². The molecule has 0 N–H and O–H groups in total. The zero-order chi connectivity index (χ0) is 28.1. The van der Waals surface area contributed by atoms with E-state index in [1.165, 1.54) is 0 Å². The number of hydrogen-bond acceptors (Lipinski definition) is 5. The summed E-state index contributed by atoms with van der Waals surface area (Å²) in [4.78, 5) is 23.4. The third-order valence-electron chi connectivity index (χ3n) is 7.11. The molecule has 0 amide bonds. The van der Waals surface area contributed by atoms with Gasteiger partial charge >= 0.3 is 0 Å². The molecule has 0 saturated heterocycles. The molecule has 0 saturated carbocycles. The third kappa shape index (κ3) is 5.19. The fourth-order valence-corrected chi connectivity index (χ4v) is 4.96. The average Bonchev–Trinajstić information content (AvgIpc) is 3.09. The van der Waals surface area contributed by atoms with Crippen molar-refractivity contribution in [3.8, 4) is 67.7 Å². The summed E-state index contributed by atoms with van der Waals surface area (Å²) in [5.41, 5.74) is 9.18. The van der Waals surface area contributed by atoms with Crippen molar-refractivity contribution in [3.63, 3.8) is 0 Å². The summed E-state index contributed by atoms with van der Waals surface area (Å²) in [7, 11) is 0. The normalized spacial score (nSPS) is 10.9. The van der Waals surface area contributed by atoms with Crippen LogP contribution in [-0.2, 0) is 0 Å². The highest BCUT2D eigenvalue weighted by Crippen LogP contribution is 2.32. The van der Waals surface area contributed by atoms with Crippen LogP contribution in [0, 0.1) is 0 Å². The van der Waals surface area contributed by atoms with E-state index < -0.39 is 0 Å². The van der Waals surface area contributed by atoms with E-state index in [0.29, 0.717) is 17.5 Å². The van der Waals surface area contributed by atoms with Crippen LogP contribution >= 0.6 is 0 Å². The van der Waals surface area contributed by atoms with E-state index in [9.17, 15) is 0 Å². The van der Waals surface area contributed by atoms with Crippen molar-refractivity contribution in [3.05, 3.63) is 152 Å². The maximum atomic E-state index is 4.85. The first-order valence-corrected chi connectivity index (χ1v) is 13.8. The molecule has 0 radical (unpaired) electrons. The minimum atomic E-state index is 0.643. The molecule has 0 aliphatic rings. The summed E-state index contributed by atoms with van der Waals surface area (Å²) in [6.07, 6.45) is 5.44. The standard InChI is InChI=1S/C37H25N5/c1-3-9-29(10-4-1)35-40-36(30-11-5-2-6-12-30)42-37(41-35)31-21-17-27(18-22-31)26-15-19-28(20-16-26)33-14-8-24-39-34(33)32-13-7-23-38-25-32/h1-25H. The van der Waals surface area contributed by atoms with Crippen LogP contribution < -0.4 is 0 Å². The first-order valence-electron chi connectivity index (χ1n) is 13.8. The zero-order valence-corrected chi connectivity index (χ0v) is 22.7. The van der Waals surface area contributed by atoms with E-state index in [1.807, 2.05) is 91.3 Å². The summed E-state index contributed by atoms with van der Waals surface area (Å²) >= 11 is 0. The Morgan fingerprint density at radius 1 is 0.333 bits per heavy atom. The van der Waals surface area contributed by atoms with Crippen LogP contribution in [0.2, 0.25) is 0 Å². The lowest BCUT2D eigenvalue weighted by atomic mass is 9.97. The summed E-state index contributed by atoms with van der Waals surface area (Å²) < 4.78 is 0. The Morgan fingerprint density at radius 3 is 1.31 bits per heavy atom. The molecule has 5 heteroatoms. The maximum Gasteiger partial charge on any atom is 0.164 e. The fourth-order valence-electron chi connectivity index (χ4n) is 4.96. The lowest BCUT2D eigenvalue weighted by Crippen LogP contribution is -2.00. The molecule has 0 aliphatic carbocycles. The predicted molar refractivity (Wildman–Crippen MR) is 168 cm³/mol. The molecule has 7 aromatic rings. The molecule has 42 heavy (non-hydrogen) atoms. The highest BCUT2D eigenvalue weighted by Gasteiger charge is 2.13. The molecule has 5 nitrogen and oxygen atoms in total. The summed E-state index contributed by atoms with van der Waals surface area (Å²) in [6.45, 7) is 0. The zero-order valence-electron chi connectivity index (χ0n) is 22.7. The third-order valence-corrected chi connectivity index (χ3v) is 7.11. The molecule has 3 aromatic heterocycles. The van der Waals surface area contributed by atoms with E-state index in [2.05, 4.69) is 64.6 Å².